The molecule has 29 heavy (non-hydrogen) atoms. The molecule has 152 valence electrons. The lowest BCUT2D eigenvalue weighted by Gasteiger charge is -2.07. The fourth-order valence-corrected chi connectivity index (χ4v) is 3.82. The summed E-state index contributed by atoms with van der Waals surface area (Å²) in [6, 6.07) is 13.5. The Morgan fingerprint density at radius 1 is 1.10 bits per heavy atom. The second-order valence-electron chi connectivity index (χ2n) is 6.22. The van der Waals surface area contributed by atoms with Crippen LogP contribution in [-0.4, -0.2) is 38.4 Å². The molecule has 0 aliphatic heterocycles. The van der Waals surface area contributed by atoms with Gasteiger partial charge in [0.15, 0.2) is 6.61 Å². The molecule has 0 spiro atoms. The van der Waals surface area contributed by atoms with Gasteiger partial charge in [0.25, 0.3) is 5.91 Å². The molecule has 4 N–H and O–H groups in total. The van der Waals surface area contributed by atoms with Gasteiger partial charge in [0.1, 0.15) is 5.69 Å². The highest BCUT2D eigenvalue weighted by molar-refractivity contribution is 9.10. The van der Waals surface area contributed by atoms with Gasteiger partial charge in [-0.3, -0.25) is 4.79 Å². The number of amides is 1. The molecule has 0 aliphatic carbocycles. The quantitative estimate of drug-likeness (QED) is 0.446. The van der Waals surface area contributed by atoms with E-state index in [2.05, 4.69) is 26.2 Å². The van der Waals surface area contributed by atoms with Crippen molar-refractivity contribution in [2.75, 3.05) is 13.2 Å². The van der Waals surface area contributed by atoms with Crippen molar-refractivity contribution in [3.05, 3.63) is 64.3 Å². The van der Waals surface area contributed by atoms with E-state index in [1.165, 1.54) is 12.1 Å². The standard InChI is InChI=1S/C19H18BrN3O5S/c20-17-14-3-1-2-4-15(14)23-18(17)19(25)28-11-16(24)22-10-9-12-5-7-13(8-6-12)29(21,26)27/h1-8,23H,9-11H2,(H,22,24)(H2,21,26,27). The molecule has 8 nitrogen and oxygen atoms in total. The van der Waals surface area contributed by atoms with Crippen LogP contribution in [0.5, 0.6) is 0 Å². The highest BCUT2D eigenvalue weighted by Crippen LogP contribution is 2.28. The van der Waals surface area contributed by atoms with E-state index in [4.69, 9.17) is 9.88 Å². The van der Waals surface area contributed by atoms with Crippen molar-refractivity contribution in [1.29, 1.82) is 0 Å². The van der Waals surface area contributed by atoms with Gasteiger partial charge in [-0.15, -0.1) is 0 Å². The molecule has 0 saturated heterocycles. The number of hydrogen-bond acceptors (Lipinski definition) is 5. The van der Waals surface area contributed by atoms with Crippen LogP contribution in [0.2, 0.25) is 0 Å². The minimum Gasteiger partial charge on any atom is -0.451 e. The summed E-state index contributed by atoms with van der Waals surface area (Å²) in [6.07, 6.45) is 0.484. The number of H-pyrrole nitrogens is 1. The van der Waals surface area contributed by atoms with Gasteiger partial charge in [-0.25, -0.2) is 18.4 Å². The van der Waals surface area contributed by atoms with Crippen LogP contribution in [0.1, 0.15) is 16.1 Å². The Morgan fingerprint density at radius 3 is 2.45 bits per heavy atom. The highest BCUT2D eigenvalue weighted by atomic mass is 79.9. The number of rotatable bonds is 7. The topological polar surface area (TPSA) is 131 Å². The molecule has 0 saturated carbocycles. The summed E-state index contributed by atoms with van der Waals surface area (Å²) in [5, 5.41) is 8.53. The number of fused-ring (bicyclic) bond motifs is 1. The van der Waals surface area contributed by atoms with Gasteiger partial charge in [-0.2, -0.15) is 0 Å². The number of esters is 1. The molecule has 0 unspecified atom stereocenters. The molecule has 1 heterocycles. The summed E-state index contributed by atoms with van der Waals surface area (Å²) >= 11 is 3.37. The number of primary sulfonamides is 1. The minimum atomic E-state index is -3.73. The van der Waals surface area contributed by atoms with Gasteiger partial charge >= 0.3 is 5.97 Å². The monoisotopic (exact) mass is 479 g/mol. The van der Waals surface area contributed by atoms with E-state index in [0.717, 1.165) is 16.5 Å². The van der Waals surface area contributed by atoms with Crippen LogP contribution in [0.4, 0.5) is 0 Å². The third kappa shape index (κ3) is 5.22. The Labute approximate surface area is 175 Å². The highest BCUT2D eigenvalue weighted by Gasteiger charge is 2.18. The van der Waals surface area contributed by atoms with Crippen LogP contribution in [0.25, 0.3) is 10.9 Å². The van der Waals surface area contributed by atoms with Gasteiger partial charge in [-0.05, 0) is 46.1 Å². The molecule has 3 rings (SSSR count). The lowest BCUT2D eigenvalue weighted by molar-refractivity contribution is -0.124. The maximum Gasteiger partial charge on any atom is 0.356 e. The van der Waals surface area contributed by atoms with E-state index in [9.17, 15) is 18.0 Å². The van der Waals surface area contributed by atoms with E-state index in [0.29, 0.717) is 17.4 Å². The predicted molar refractivity (Wildman–Crippen MR) is 111 cm³/mol. The summed E-state index contributed by atoms with van der Waals surface area (Å²) in [6.45, 7) is -0.105. The number of sulfonamides is 1. The molecular formula is C19H18BrN3O5S. The van der Waals surface area contributed by atoms with E-state index in [1.807, 2.05) is 24.3 Å². The van der Waals surface area contributed by atoms with Gasteiger partial charge in [0.2, 0.25) is 10.0 Å². The second kappa shape index (κ2) is 8.76. The van der Waals surface area contributed by atoms with Crippen molar-refractivity contribution >= 4 is 48.7 Å². The number of aromatic amines is 1. The summed E-state index contributed by atoms with van der Waals surface area (Å²) in [5.74, 6) is -1.08. The lowest BCUT2D eigenvalue weighted by Crippen LogP contribution is -2.30. The third-order valence-electron chi connectivity index (χ3n) is 4.17. The van der Waals surface area contributed by atoms with Crippen molar-refractivity contribution in [2.45, 2.75) is 11.3 Å². The van der Waals surface area contributed by atoms with Crippen LogP contribution < -0.4 is 10.5 Å². The molecule has 1 aromatic heterocycles. The Kier molecular flexibility index (Phi) is 6.36. The Balaban J connectivity index is 1.47. The SMILES string of the molecule is NS(=O)(=O)c1ccc(CCNC(=O)COC(=O)c2[nH]c3ccccc3c2Br)cc1. The predicted octanol–water partition coefficient (Wildman–Crippen LogP) is 2.09. The molecule has 3 aromatic rings. The molecular weight excluding hydrogens is 462 g/mol. The second-order valence-corrected chi connectivity index (χ2v) is 8.58. The molecule has 0 fully saturated rings. The number of aromatic nitrogens is 1. The maximum atomic E-state index is 12.2. The number of carbonyl (C=O) groups excluding carboxylic acids is 2. The molecule has 0 atom stereocenters. The number of carbonyl (C=O) groups is 2. The number of hydrogen-bond donors (Lipinski definition) is 3. The number of benzene rings is 2. The fraction of sp³-hybridized carbons (Fsp3) is 0.158. The van der Waals surface area contributed by atoms with Crippen LogP contribution >= 0.6 is 15.9 Å². The average molecular weight is 480 g/mol. The lowest BCUT2D eigenvalue weighted by atomic mass is 10.1. The molecule has 2 aromatic carbocycles. The van der Waals surface area contributed by atoms with Crippen molar-refractivity contribution in [2.24, 2.45) is 5.14 Å². The zero-order valence-corrected chi connectivity index (χ0v) is 17.5. The minimum absolute atomic E-state index is 0.0281. The first-order valence-electron chi connectivity index (χ1n) is 8.57. The van der Waals surface area contributed by atoms with Gasteiger partial charge in [0, 0.05) is 17.4 Å². The number of para-hydroxylation sites is 1. The fourth-order valence-electron chi connectivity index (χ4n) is 2.69. The first-order chi connectivity index (χ1) is 13.8. The molecule has 0 bridgehead atoms. The van der Waals surface area contributed by atoms with Gasteiger partial charge < -0.3 is 15.0 Å². The average Bonchev–Trinajstić information content (AvgIpc) is 3.03. The summed E-state index contributed by atoms with van der Waals surface area (Å²) in [5.41, 5.74) is 1.86. The molecule has 0 aliphatic rings. The Morgan fingerprint density at radius 2 is 1.79 bits per heavy atom. The van der Waals surface area contributed by atoms with E-state index < -0.39 is 28.5 Å². The van der Waals surface area contributed by atoms with E-state index >= 15 is 0 Å². The molecule has 1 amide bonds. The van der Waals surface area contributed by atoms with Crippen molar-refractivity contribution in [1.82, 2.24) is 10.3 Å². The molecule has 0 radical (unpaired) electrons. The van der Waals surface area contributed by atoms with Crippen LogP contribution in [0, 0.1) is 0 Å². The normalized spacial score (nSPS) is 11.4. The maximum absolute atomic E-state index is 12.2. The number of nitrogens with one attached hydrogen (secondary N) is 2. The number of nitrogens with two attached hydrogens (primary N) is 1. The number of halogens is 1. The van der Waals surface area contributed by atoms with E-state index in [1.54, 1.807) is 12.1 Å². The summed E-state index contributed by atoms with van der Waals surface area (Å²) in [4.78, 5) is 27.1. The zero-order valence-electron chi connectivity index (χ0n) is 15.1. The van der Waals surface area contributed by atoms with Gasteiger partial charge in [0.05, 0.1) is 9.37 Å². The summed E-state index contributed by atoms with van der Waals surface area (Å²) < 4.78 is 28.1. The van der Waals surface area contributed by atoms with E-state index in [-0.39, 0.29) is 10.6 Å². The van der Waals surface area contributed by atoms with Crippen LogP contribution in [-0.2, 0) is 26.0 Å². The largest absolute Gasteiger partial charge is 0.451 e. The number of ether oxygens (including phenoxy) is 1. The third-order valence-corrected chi connectivity index (χ3v) is 5.92. The first kappa shape index (κ1) is 21.0. The van der Waals surface area contributed by atoms with Crippen LogP contribution in [0.15, 0.2) is 57.9 Å². The molecule has 10 heteroatoms. The smallest absolute Gasteiger partial charge is 0.356 e. The first-order valence-corrected chi connectivity index (χ1v) is 10.9. The van der Waals surface area contributed by atoms with Crippen molar-refractivity contribution in [3.8, 4) is 0 Å². The summed E-state index contributed by atoms with van der Waals surface area (Å²) in [7, 11) is -3.73. The Hall–Kier alpha value is -2.69. The zero-order chi connectivity index (χ0) is 21.0. The van der Waals surface area contributed by atoms with Crippen LogP contribution in [0.3, 0.4) is 0 Å². The Bertz CT molecular complexity index is 1160. The van der Waals surface area contributed by atoms with Gasteiger partial charge in [-0.1, -0.05) is 30.3 Å². The van der Waals surface area contributed by atoms with Crippen molar-refractivity contribution in [3.63, 3.8) is 0 Å². The van der Waals surface area contributed by atoms with Crippen molar-refractivity contribution < 1.29 is 22.7 Å².